The van der Waals surface area contributed by atoms with Crippen LogP contribution < -0.4 is 4.74 Å². The van der Waals surface area contributed by atoms with Crippen LogP contribution in [0.5, 0.6) is 5.75 Å². The van der Waals surface area contributed by atoms with Crippen LogP contribution in [0.3, 0.4) is 0 Å². The number of methoxy groups -OCH3 is 1. The molecule has 146 valence electrons. The third kappa shape index (κ3) is 2.73. The molecule has 2 aromatic heterocycles. The number of aromatic amines is 1. The largest absolute Gasteiger partial charge is 0.497 e. The summed E-state index contributed by atoms with van der Waals surface area (Å²) < 4.78 is 12.8. The maximum absolute atomic E-state index is 12.6. The minimum atomic E-state index is -0.266. The summed E-state index contributed by atoms with van der Waals surface area (Å²) in [6.07, 6.45) is 2.68. The second-order valence-electron chi connectivity index (χ2n) is 7.22. The summed E-state index contributed by atoms with van der Waals surface area (Å²) in [7, 11) is 1.67. The van der Waals surface area contributed by atoms with E-state index in [9.17, 15) is 4.79 Å². The predicted octanol–water partition coefficient (Wildman–Crippen LogP) is 4.70. The van der Waals surface area contributed by atoms with Crippen molar-refractivity contribution in [2.75, 3.05) is 13.7 Å². The standard InChI is InChI=1S/C24H22N2O3/c1-3-29-24(27)18-12-13-26-21(18)14-19-17-6-4-5-7-20(17)25-22(19)23(26)15-8-10-16(28-2)11-9-15/h4-13,23,25H,3,14H2,1-2H3. The summed E-state index contributed by atoms with van der Waals surface area (Å²) in [6.45, 7) is 2.20. The molecule has 1 aliphatic rings. The molecule has 0 aliphatic carbocycles. The molecular weight excluding hydrogens is 364 g/mol. The summed E-state index contributed by atoms with van der Waals surface area (Å²) >= 11 is 0. The van der Waals surface area contributed by atoms with E-state index in [2.05, 4.69) is 39.9 Å². The zero-order valence-corrected chi connectivity index (χ0v) is 16.4. The number of H-pyrrole nitrogens is 1. The Bertz CT molecular complexity index is 1200. The average Bonchev–Trinajstić information content (AvgIpc) is 3.34. The van der Waals surface area contributed by atoms with Crippen molar-refractivity contribution >= 4 is 16.9 Å². The fraction of sp³-hybridized carbons (Fsp3) is 0.208. The van der Waals surface area contributed by atoms with Crippen molar-refractivity contribution in [2.24, 2.45) is 0 Å². The van der Waals surface area contributed by atoms with Gasteiger partial charge in [-0.05, 0) is 42.3 Å². The van der Waals surface area contributed by atoms with Crippen molar-refractivity contribution in [1.29, 1.82) is 0 Å². The van der Waals surface area contributed by atoms with E-state index in [0.29, 0.717) is 18.6 Å². The normalized spacial score (nSPS) is 15.0. The van der Waals surface area contributed by atoms with Crippen molar-refractivity contribution in [1.82, 2.24) is 9.55 Å². The van der Waals surface area contributed by atoms with Crippen molar-refractivity contribution in [3.05, 3.63) is 88.9 Å². The molecule has 29 heavy (non-hydrogen) atoms. The number of esters is 1. The monoisotopic (exact) mass is 386 g/mol. The highest BCUT2D eigenvalue weighted by molar-refractivity contribution is 5.92. The summed E-state index contributed by atoms with van der Waals surface area (Å²) in [5.74, 6) is 0.555. The molecular formula is C24H22N2O3. The second-order valence-corrected chi connectivity index (χ2v) is 7.22. The van der Waals surface area contributed by atoms with Gasteiger partial charge in [-0.25, -0.2) is 4.79 Å². The van der Waals surface area contributed by atoms with Gasteiger partial charge in [-0.15, -0.1) is 0 Å². The summed E-state index contributed by atoms with van der Waals surface area (Å²) in [4.78, 5) is 16.2. The topological polar surface area (TPSA) is 56.2 Å². The molecule has 0 spiro atoms. The molecule has 1 unspecified atom stereocenters. The fourth-order valence-corrected chi connectivity index (χ4v) is 4.37. The van der Waals surface area contributed by atoms with Gasteiger partial charge in [0.15, 0.2) is 0 Å². The molecule has 3 heterocycles. The van der Waals surface area contributed by atoms with Gasteiger partial charge in [0.2, 0.25) is 0 Å². The van der Waals surface area contributed by atoms with Crippen molar-refractivity contribution < 1.29 is 14.3 Å². The Morgan fingerprint density at radius 1 is 1.14 bits per heavy atom. The van der Waals surface area contributed by atoms with Crippen LogP contribution in [0.4, 0.5) is 0 Å². The number of carbonyl (C=O) groups excluding carboxylic acids is 1. The van der Waals surface area contributed by atoms with Gasteiger partial charge in [0.05, 0.1) is 25.3 Å². The fourth-order valence-electron chi connectivity index (χ4n) is 4.37. The van der Waals surface area contributed by atoms with Crippen LogP contribution in [0.2, 0.25) is 0 Å². The van der Waals surface area contributed by atoms with Gasteiger partial charge < -0.3 is 19.0 Å². The number of benzene rings is 2. The smallest absolute Gasteiger partial charge is 0.339 e. The molecule has 0 amide bonds. The molecule has 1 N–H and O–H groups in total. The number of nitrogens with zero attached hydrogens (tertiary/aromatic N) is 1. The van der Waals surface area contributed by atoms with E-state index in [-0.39, 0.29) is 12.0 Å². The van der Waals surface area contributed by atoms with Crippen LogP contribution >= 0.6 is 0 Å². The third-order valence-electron chi connectivity index (χ3n) is 5.69. The highest BCUT2D eigenvalue weighted by Crippen LogP contribution is 2.40. The zero-order chi connectivity index (χ0) is 20.0. The summed E-state index contributed by atoms with van der Waals surface area (Å²) in [6, 6.07) is 18.3. The minimum absolute atomic E-state index is 0.0461. The van der Waals surface area contributed by atoms with E-state index in [4.69, 9.17) is 9.47 Å². The second kappa shape index (κ2) is 6.85. The van der Waals surface area contributed by atoms with Gasteiger partial charge in [-0.3, -0.25) is 0 Å². The van der Waals surface area contributed by atoms with Gasteiger partial charge in [-0.2, -0.15) is 0 Å². The lowest BCUT2D eigenvalue weighted by Gasteiger charge is -2.28. The number of fused-ring (bicyclic) bond motifs is 4. The first-order chi connectivity index (χ1) is 14.2. The minimum Gasteiger partial charge on any atom is -0.497 e. The van der Waals surface area contributed by atoms with Crippen molar-refractivity contribution in [3.8, 4) is 5.75 Å². The maximum Gasteiger partial charge on any atom is 0.339 e. The quantitative estimate of drug-likeness (QED) is 0.456. The number of nitrogens with one attached hydrogen (secondary N) is 1. The molecule has 2 aromatic carbocycles. The van der Waals surface area contributed by atoms with Crippen LogP contribution in [-0.2, 0) is 11.2 Å². The van der Waals surface area contributed by atoms with E-state index in [1.54, 1.807) is 7.11 Å². The molecule has 0 saturated carbocycles. The Balaban J connectivity index is 1.72. The zero-order valence-electron chi connectivity index (χ0n) is 16.4. The van der Waals surface area contributed by atoms with E-state index in [0.717, 1.165) is 28.2 Å². The SMILES string of the molecule is CCOC(=O)c1ccn2c1Cc1c([nH]c3ccccc13)C2c1ccc(OC)cc1. The predicted molar refractivity (Wildman–Crippen MR) is 112 cm³/mol. The van der Waals surface area contributed by atoms with Crippen LogP contribution in [0.15, 0.2) is 60.8 Å². The number of rotatable bonds is 4. The molecule has 0 saturated heterocycles. The summed E-state index contributed by atoms with van der Waals surface area (Å²) in [5, 5.41) is 1.20. The Kier molecular flexibility index (Phi) is 4.16. The van der Waals surface area contributed by atoms with E-state index in [1.165, 1.54) is 10.9 Å². The number of hydrogen-bond acceptors (Lipinski definition) is 3. The van der Waals surface area contributed by atoms with E-state index < -0.39 is 0 Å². The lowest BCUT2D eigenvalue weighted by atomic mass is 9.92. The molecule has 1 atom stereocenters. The van der Waals surface area contributed by atoms with Crippen molar-refractivity contribution in [2.45, 2.75) is 19.4 Å². The lowest BCUT2D eigenvalue weighted by Crippen LogP contribution is -2.22. The molecule has 5 nitrogen and oxygen atoms in total. The van der Waals surface area contributed by atoms with Crippen molar-refractivity contribution in [3.63, 3.8) is 0 Å². The average molecular weight is 386 g/mol. The Morgan fingerprint density at radius 2 is 1.93 bits per heavy atom. The van der Waals surface area contributed by atoms with Crippen LogP contribution in [0.1, 0.15) is 45.8 Å². The number of carbonyl (C=O) groups is 1. The van der Waals surface area contributed by atoms with Crippen LogP contribution in [0.25, 0.3) is 10.9 Å². The number of aromatic nitrogens is 2. The molecule has 5 rings (SSSR count). The van der Waals surface area contributed by atoms with E-state index >= 15 is 0 Å². The first kappa shape index (κ1) is 17.6. The number of ether oxygens (including phenoxy) is 2. The number of hydrogen-bond donors (Lipinski definition) is 1. The number of para-hydroxylation sites is 1. The molecule has 0 fully saturated rings. The maximum atomic E-state index is 12.6. The molecule has 5 heteroatoms. The Morgan fingerprint density at radius 3 is 2.69 bits per heavy atom. The van der Waals surface area contributed by atoms with Gasteiger partial charge in [0.1, 0.15) is 5.75 Å². The molecule has 1 aliphatic heterocycles. The third-order valence-corrected chi connectivity index (χ3v) is 5.69. The van der Waals surface area contributed by atoms with Crippen LogP contribution in [-0.4, -0.2) is 29.2 Å². The van der Waals surface area contributed by atoms with Crippen LogP contribution in [0, 0.1) is 0 Å². The lowest BCUT2D eigenvalue weighted by molar-refractivity contribution is 0.0525. The first-order valence-corrected chi connectivity index (χ1v) is 9.81. The molecule has 0 bridgehead atoms. The molecule has 0 radical (unpaired) electrons. The highest BCUT2D eigenvalue weighted by Gasteiger charge is 2.32. The first-order valence-electron chi connectivity index (χ1n) is 9.81. The summed E-state index contributed by atoms with van der Waals surface area (Å²) in [5.41, 5.74) is 6.26. The van der Waals surface area contributed by atoms with Gasteiger partial charge in [-0.1, -0.05) is 30.3 Å². The van der Waals surface area contributed by atoms with E-state index in [1.807, 2.05) is 37.4 Å². The highest BCUT2D eigenvalue weighted by atomic mass is 16.5. The van der Waals surface area contributed by atoms with Gasteiger partial charge in [0.25, 0.3) is 0 Å². The Hall–Kier alpha value is -3.47. The Labute approximate surface area is 168 Å². The molecule has 4 aromatic rings. The van der Waals surface area contributed by atoms with Gasteiger partial charge >= 0.3 is 5.97 Å². The van der Waals surface area contributed by atoms with Gasteiger partial charge in [0, 0.05) is 34.9 Å².